The minimum Gasteiger partial charge on any atom is -0.381 e. The second kappa shape index (κ2) is 10.3. The summed E-state index contributed by atoms with van der Waals surface area (Å²) < 4.78 is 33.8. The molecule has 168 valence electrons. The van der Waals surface area contributed by atoms with Crippen LogP contribution in [0, 0.1) is 12.8 Å². The zero-order valence-corrected chi connectivity index (χ0v) is 19.3. The van der Waals surface area contributed by atoms with Crippen molar-refractivity contribution in [3.05, 3.63) is 59.2 Å². The van der Waals surface area contributed by atoms with Gasteiger partial charge >= 0.3 is 0 Å². The van der Waals surface area contributed by atoms with Crippen molar-refractivity contribution in [2.75, 3.05) is 17.9 Å². The van der Waals surface area contributed by atoms with E-state index in [1.807, 2.05) is 19.1 Å². The predicted molar refractivity (Wildman–Crippen MR) is 123 cm³/mol. The third-order valence-corrected chi connectivity index (χ3v) is 7.20. The van der Waals surface area contributed by atoms with Crippen LogP contribution in [0.5, 0.6) is 0 Å². The summed E-state index contributed by atoms with van der Waals surface area (Å²) in [4.78, 5) is 12.9. The number of ether oxygens (including phenoxy) is 1. The Morgan fingerprint density at radius 3 is 2.58 bits per heavy atom. The van der Waals surface area contributed by atoms with Crippen molar-refractivity contribution in [2.45, 2.75) is 57.4 Å². The summed E-state index contributed by atoms with van der Waals surface area (Å²) in [6, 6.07) is 12.0. The van der Waals surface area contributed by atoms with E-state index in [1.165, 1.54) is 17.7 Å². The number of rotatable bonds is 9. The summed E-state index contributed by atoms with van der Waals surface area (Å²) in [5, 5.41) is 3.00. The van der Waals surface area contributed by atoms with Crippen molar-refractivity contribution in [3.63, 3.8) is 0 Å². The summed E-state index contributed by atoms with van der Waals surface area (Å²) in [7, 11) is -3.81. The molecule has 0 saturated carbocycles. The summed E-state index contributed by atoms with van der Waals surface area (Å²) >= 11 is 0. The lowest BCUT2D eigenvalue weighted by molar-refractivity contribution is 0.0921. The van der Waals surface area contributed by atoms with E-state index in [2.05, 4.69) is 17.0 Å². The van der Waals surface area contributed by atoms with Gasteiger partial charge in [0.2, 0.25) is 0 Å². The van der Waals surface area contributed by atoms with Gasteiger partial charge in [-0.05, 0) is 68.5 Å². The van der Waals surface area contributed by atoms with Crippen LogP contribution in [0.3, 0.4) is 0 Å². The van der Waals surface area contributed by atoms with Gasteiger partial charge in [-0.15, -0.1) is 0 Å². The number of sulfonamides is 1. The highest BCUT2D eigenvalue weighted by Crippen LogP contribution is 2.21. The lowest BCUT2D eigenvalue weighted by atomic mass is 10.00. The maximum Gasteiger partial charge on any atom is 0.261 e. The van der Waals surface area contributed by atoms with Crippen molar-refractivity contribution in [1.82, 2.24) is 5.32 Å². The van der Waals surface area contributed by atoms with Crippen LogP contribution < -0.4 is 10.0 Å². The summed E-state index contributed by atoms with van der Waals surface area (Å²) in [5.74, 6) is 0.00682. The Hall–Kier alpha value is -2.38. The first kappa shape index (κ1) is 23.3. The number of nitrogens with one attached hydrogen (secondary N) is 2. The SMILES string of the molecule is CCCCc1ccc(NS(=O)(=O)c2ccc(C)c(C(=O)N[C@@H](C)[C@H]3CCOC3)c2)cc1. The maximum absolute atomic E-state index is 12.9. The third-order valence-electron chi connectivity index (χ3n) is 5.82. The number of aryl methyl sites for hydroxylation is 2. The number of amides is 1. The molecule has 1 saturated heterocycles. The molecular formula is C24H32N2O4S. The molecule has 31 heavy (non-hydrogen) atoms. The summed E-state index contributed by atoms with van der Waals surface area (Å²) in [5.41, 5.74) is 2.78. The van der Waals surface area contributed by atoms with Crippen LogP contribution in [0.2, 0.25) is 0 Å². The van der Waals surface area contributed by atoms with Gasteiger partial charge in [-0.3, -0.25) is 9.52 Å². The molecule has 0 radical (unpaired) electrons. The predicted octanol–water partition coefficient (Wildman–Crippen LogP) is 4.29. The Kier molecular flexibility index (Phi) is 7.73. The molecule has 2 N–H and O–H groups in total. The molecule has 0 aromatic heterocycles. The van der Waals surface area contributed by atoms with E-state index >= 15 is 0 Å². The van der Waals surface area contributed by atoms with Gasteiger partial charge in [-0.25, -0.2) is 8.42 Å². The topological polar surface area (TPSA) is 84.5 Å². The van der Waals surface area contributed by atoms with Crippen molar-refractivity contribution in [1.29, 1.82) is 0 Å². The first-order valence-corrected chi connectivity index (χ1v) is 12.4. The zero-order valence-electron chi connectivity index (χ0n) is 18.5. The number of anilines is 1. The van der Waals surface area contributed by atoms with Gasteiger partial charge in [-0.1, -0.05) is 31.5 Å². The molecule has 1 aliphatic heterocycles. The molecule has 0 unspecified atom stereocenters. The Labute approximate surface area is 185 Å². The van der Waals surface area contributed by atoms with Gasteiger partial charge in [0.25, 0.3) is 15.9 Å². The smallest absolute Gasteiger partial charge is 0.261 e. The average Bonchev–Trinajstić information content (AvgIpc) is 3.28. The minimum atomic E-state index is -3.81. The van der Waals surface area contributed by atoms with Crippen LogP contribution in [-0.4, -0.2) is 33.6 Å². The van der Waals surface area contributed by atoms with Crippen LogP contribution >= 0.6 is 0 Å². The number of hydrogen-bond acceptors (Lipinski definition) is 4. The van der Waals surface area contributed by atoms with E-state index in [0.717, 1.165) is 31.2 Å². The largest absolute Gasteiger partial charge is 0.381 e. The second-order valence-corrected chi connectivity index (χ2v) is 9.95. The summed E-state index contributed by atoms with van der Waals surface area (Å²) in [6.45, 7) is 7.25. The molecule has 1 amide bonds. The first-order chi connectivity index (χ1) is 14.8. The third kappa shape index (κ3) is 6.08. The van der Waals surface area contributed by atoms with Crippen LogP contribution in [0.1, 0.15) is 54.6 Å². The minimum absolute atomic E-state index is 0.0426. The lowest BCUT2D eigenvalue weighted by Gasteiger charge is -2.20. The Bertz CT molecular complexity index is 997. The highest BCUT2D eigenvalue weighted by atomic mass is 32.2. The Morgan fingerprint density at radius 1 is 1.19 bits per heavy atom. The number of carbonyl (C=O) groups is 1. The number of hydrogen-bond donors (Lipinski definition) is 2. The molecule has 0 spiro atoms. The highest BCUT2D eigenvalue weighted by Gasteiger charge is 2.25. The molecule has 1 fully saturated rings. The van der Waals surface area contributed by atoms with E-state index < -0.39 is 10.0 Å². The van der Waals surface area contributed by atoms with Crippen LogP contribution in [-0.2, 0) is 21.2 Å². The molecule has 7 heteroatoms. The Morgan fingerprint density at radius 2 is 1.94 bits per heavy atom. The van der Waals surface area contributed by atoms with E-state index in [9.17, 15) is 13.2 Å². The zero-order chi connectivity index (χ0) is 22.4. The molecule has 2 atom stereocenters. The molecule has 0 aliphatic carbocycles. The highest BCUT2D eigenvalue weighted by molar-refractivity contribution is 7.92. The fourth-order valence-corrected chi connectivity index (χ4v) is 4.78. The fraction of sp³-hybridized carbons (Fsp3) is 0.458. The number of carbonyl (C=O) groups excluding carboxylic acids is 1. The van der Waals surface area contributed by atoms with Crippen molar-refractivity contribution in [2.24, 2.45) is 5.92 Å². The monoisotopic (exact) mass is 444 g/mol. The summed E-state index contributed by atoms with van der Waals surface area (Å²) in [6.07, 6.45) is 4.11. The standard InChI is InChI=1S/C24H32N2O4S/c1-4-5-6-19-8-10-21(11-9-19)26-31(28,29)22-12-7-17(2)23(15-22)24(27)25-18(3)20-13-14-30-16-20/h7-12,15,18,20,26H,4-6,13-14,16H2,1-3H3,(H,25,27)/t18-,20-/m0/s1. The molecule has 2 aromatic rings. The molecule has 1 heterocycles. The molecule has 2 aromatic carbocycles. The van der Waals surface area contributed by atoms with Crippen molar-refractivity contribution < 1.29 is 17.9 Å². The molecular weight excluding hydrogens is 412 g/mol. The normalized spacial score (nSPS) is 17.3. The fourth-order valence-electron chi connectivity index (χ4n) is 3.70. The number of benzene rings is 2. The Balaban J connectivity index is 1.73. The van der Waals surface area contributed by atoms with Gasteiger partial charge in [-0.2, -0.15) is 0 Å². The van der Waals surface area contributed by atoms with Crippen molar-refractivity contribution in [3.8, 4) is 0 Å². The van der Waals surface area contributed by atoms with E-state index in [1.54, 1.807) is 25.1 Å². The molecule has 6 nitrogen and oxygen atoms in total. The van der Waals surface area contributed by atoms with Crippen LogP contribution in [0.25, 0.3) is 0 Å². The molecule has 1 aliphatic rings. The van der Waals surface area contributed by atoms with Crippen molar-refractivity contribution >= 4 is 21.6 Å². The van der Waals surface area contributed by atoms with Gasteiger partial charge in [0.15, 0.2) is 0 Å². The van der Waals surface area contributed by atoms with Gasteiger partial charge < -0.3 is 10.1 Å². The van der Waals surface area contributed by atoms with E-state index in [4.69, 9.17) is 4.74 Å². The molecule has 3 rings (SSSR count). The lowest BCUT2D eigenvalue weighted by Crippen LogP contribution is -2.38. The quantitative estimate of drug-likeness (QED) is 0.604. The first-order valence-electron chi connectivity index (χ1n) is 10.9. The van der Waals surface area contributed by atoms with Gasteiger partial charge in [0.1, 0.15) is 0 Å². The van der Waals surface area contributed by atoms with E-state index in [-0.39, 0.29) is 22.8 Å². The van der Waals surface area contributed by atoms with Gasteiger partial charge in [0, 0.05) is 29.8 Å². The van der Waals surface area contributed by atoms with E-state index in [0.29, 0.717) is 24.5 Å². The number of unbranched alkanes of at least 4 members (excludes halogenated alkanes) is 1. The average molecular weight is 445 g/mol. The van der Waals surface area contributed by atoms with Gasteiger partial charge in [0.05, 0.1) is 11.5 Å². The second-order valence-electron chi connectivity index (χ2n) is 8.27. The van der Waals surface area contributed by atoms with Crippen LogP contribution in [0.4, 0.5) is 5.69 Å². The van der Waals surface area contributed by atoms with Crippen LogP contribution in [0.15, 0.2) is 47.4 Å². The maximum atomic E-state index is 12.9. The molecule has 0 bridgehead atoms.